The smallest absolute Gasteiger partial charge is 0.260 e. The molecule has 0 spiro atoms. The van der Waals surface area contributed by atoms with E-state index in [1.165, 1.54) is 16.0 Å². The van der Waals surface area contributed by atoms with Crippen molar-refractivity contribution in [2.75, 3.05) is 19.8 Å². The van der Waals surface area contributed by atoms with Crippen LogP contribution < -0.4 is 0 Å². The summed E-state index contributed by atoms with van der Waals surface area (Å²) in [4.78, 5) is 1.35. The molecule has 1 aliphatic rings. The number of alkyl halides is 2. The van der Waals surface area contributed by atoms with Crippen molar-refractivity contribution in [3.05, 3.63) is 35.4 Å². The van der Waals surface area contributed by atoms with E-state index in [1.807, 2.05) is 0 Å². The summed E-state index contributed by atoms with van der Waals surface area (Å²) in [5.41, 5.74) is 2.78. The second kappa shape index (κ2) is 7.56. The Balaban J connectivity index is 0.000000191. The SMILES string of the molecule is CCc1cccc(C)c1.OCN1CCCC(F)(F)C1. The van der Waals surface area contributed by atoms with Crippen molar-refractivity contribution < 1.29 is 13.9 Å². The number of hydrogen-bond acceptors (Lipinski definition) is 2. The fourth-order valence-electron chi connectivity index (χ4n) is 2.10. The quantitative estimate of drug-likeness (QED) is 0.892. The highest BCUT2D eigenvalue weighted by molar-refractivity contribution is 5.21. The minimum Gasteiger partial charge on any atom is -0.381 e. The van der Waals surface area contributed by atoms with Gasteiger partial charge in [0.2, 0.25) is 0 Å². The Hall–Kier alpha value is -1.00. The van der Waals surface area contributed by atoms with Gasteiger partial charge in [0.1, 0.15) is 0 Å². The molecule has 2 nitrogen and oxygen atoms in total. The fourth-order valence-corrected chi connectivity index (χ4v) is 2.10. The van der Waals surface area contributed by atoms with Crippen molar-refractivity contribution in [2.24, 2.45) is 0 Å². The van der Waals surface area contributed by atoms with Gasteiger partial charge in [-0.05, 0) is 25.3 Å². The molecular formula is C15H23F2NO. The number of aryl methyl sites for hydroxylation is 2. The maximum atomic E-state index is 12.5. The zero-order valence-corrected chi connectivity index (χ0v) is 11.7. The monoisotopic (exact) mass is 271 g/mol. The molecule has 1 aliphatic heterocycles. The minimum atomic E-state index is -2.58. The molecule has 0 aromatic heterocycles. The van der Waals surface area contributed by atoms with Gasteiger partial charge in [0.15, 0.2) is 0 Å². The average molecular weight is 271 g/mol. The molecule has 1 saturated heterocycles. The van der Waals surface area contributed by atoms with Crippen LogP contribution in [0.25, 0.3) is 0 Å². The van der Waals surface area contributed by atoms with E-state index in [0.29, 0.717) is 13.0 Å². The lowest BCUT2D eigenvalue weighted by molar-refractivity contribution is -0.0824. The van der Waals surface area contributed by atoms with Crippen LogP contribution in [0.3, 0.4) is 0 Å². The molecule has 19 heavy (non-hydrogen) atoms. The standard InChI is InChI=1S/C9H12.C6H11F2NO/c1-3-9-6-4-5-8(2)7-9;7-6(8)2-1-3-9(4-6)5-10/h4-7H,3H2,1-2H3;10H,1-5H2. The molecule has 4 heteroatoms. The first-order valence-corrected chi connectivity index (χ1v) is 6.73. The molecule has 1 aromatic rings. The van der Waals surface area contributed by atoms with Crippen LogP contribution in [0.15, 0.2) is 24.3 Å². The lowest BCUT2D eigenvalue weighted by atomic mass is 10.1. The van der Waals surface area contributed by atoms with Gasteiger partial charge in [-0.3, -0.25) is 4.90 Å². The molecule has 2 rings (SSSR count). The van der Waals surface area contributed by atoms with E-state index < -0.39 is 5.92 Å². The van der Waals surface area contributed by atoms with Crippen LogP contribution in [0.4, 0.5) is 8.78 Å². The Morgan fingerprint density at radius 3 is 2.53 bits per heavy atom. The lowest BCUT2D eigenvalue weighted by Gasteiger charge is -2.30. The van der Waals surface area contributed by atoms with Crippen molar-refractivity contribution in [2.45, 2.75) is 39.0 Å². The lowest BCUT2D eigenvalue weighted by Crippen LogP contribution is -2.42. The summed E-state index contributed by atoms with van der Waals surface area (Å²) in [6.45, 7) is 4.35. The van der Waals surface area contributed by atoms with E-state index in [0.717, 1.165) is 6.42 Å². The Morgan fingerprint density at radius 1 is 1.37 bits per heavy atom. The Bertz CT molecular complexity index is 382. The van der Waals surface area contributed by atoms with Crippen LogP contribution in [-0.2, 0) is 6.42 Å². The van der Waals surface area contributed by atoms with Crippen LogP contribution in [0.2, 0.25) is 0 Å². The first kappa shape index (κ1) is 16.1. The highest BCUT2D eigenvalue weighted by Gasteiger charge is 2.34. The third-order valence-corrected chi connectivity index (χ3v) is 3.16. The maximum absolute atomic E-state index is 12.5. The maximum Gasteiger partial charge on any atom is 0.260 e. The summed E-state index contributed by atoms with van der Waals surface area (Å²) in [6, 6.07) is 8.61. The molecule has 1 heterocycles. The van der Waals surface area contributed by atoms with Crippen LogP contribution >= 0.6 is 0 Å². The van der Waals surface area contributed by atoms with Gasteiger partial charge >= 0.3 is 0 Å². The number of nitrogens with zero attached hydrogens (tertiary/aromatic N) is 1. The van der Waals surface area contributed by atoms with Gasteiger partial charge in [0, 0.05) is 13.0 Å². The van der Waals surface area contributed by atoms with Crippen LogP contribution in [0.5, 0.6) is 0 Å². The largest absolute Gasteiger partial charge is 0.381 e. The van der Waals surface area contributed by atoms with E-state index in [9.17, 15) is 8.78 Å². The van der Waals surface area contributed by atoms with E-state index in [2.05, 4.69) is 38.1 Å². The normalized spacial score (nSPS) is 18.6. The molecule has 0 bridgehead atoms. The first-order valence-electron chi connectivity index (χ1n) is 6.73. The van der Waals surface area contributed by atoms with E-state index in [1.54, 1.807) is 0 Å². The molecule has 0 aliphatic carbocycles. The second-order valence-electron chi connectivity index (χ2n) is 5.00. The third kappa shape index (κ3) is 6.12. The summed E-state index contributed by atoms with van der Waals surface area (Å²) >= 11 is 0. The number of rotatable bonds is 2. The summed E-state index contributed by atoms with van der Waals surface area (Å²) in [5, 5.41) is 8.52. The molecule has 0 amide bonds. The van der Waals surface area contributed by atoms with Gasteiger partial charge in [-0.1, -0.05) is 36.8 Å². The van der Waals surface area contributed by atoms with Gasteiger partial charge in [0.25, 0.3) is 5.92 Å². The third-order valence-electron chi connectivity index (χ3n) is 3.16. The van der Waals surface area contributed by atoms with Gasteiger partial charge in [-0.15, -0.1) is 0 Å². The van der Waals surface area contributed by atoms with Gasteiger partial charge in [-0.25, -0.2) is 8.78 Å². The molecule has 1 fully saturated rings. The number of likely N-dealkylation sites (tertiary alicyclic amines) is 1. The Kier molecular flexibility index (Phi) is 6.38. The summed E-state index contributed by atoms with van der Waals surface area (Å²) in [7, 11) is 0. The Morgan fingerprint density at radius 2 is 2.11 bits per heavy atom. The van der Waals surface area contributed by atoms with Crippen molar-refractivity contribution in [1.29, 1.82) is 0 Å². The number of piperidine rings is 1. The average Bonchev–Trinajstić information content (AvgIpc) is 2.38. The zero-order chi connectivity index (χ0) is 14.3. The summed E-state index contributed by atoms with van der Waals surface area (Å²) in [6.07, 6.45) is 1.58. The predicted molar refractivity (Wildman–Crippen MR) is 73.4 cm³/mol. The van der Waals surface area contributed by atoms with Gasteiger partial charge in [0.05, 0.1) is 13.3 Å². The molecular weight excluding hydrogens is 248 g/mol. The van der Waals surface area contributed by atoms with E-state index >= 15 is 0 Å². The number of hydrogen-bond donors (Lipinski definition) is 1. The highest BCUT2D eigenvalue weighted by atomic mass is 19.3. The second-order valence-corrected chi connectivity index (χ2v) is 5.00. The molecule has 0 atom stereocenters. The summed E-state index contributed by atoms with van der Waals surface area (Å²) < 4.78 is 25.0. The van der Waals surface area contributed by atoms with Crippen molar-refractivity contribution in [1.82, 2.24) is 4.90 Å². The number of aliphatic hydroxyl groups excluding tert-OH is 1. The van der Waals surface area contributed by atoms with Crippen molar-refractivity contribution in [3.63, 3.8) is 0 Å². The van der Waals surface area contributed by atoms with Crippen LogP contribution in [0.1, 0.15) is 30.9 Å². The van der Waals surface area contributed by atoms with Crippen molar-refractivity contribution >= 4 is 0 Å². The molecule has 1 N–H and O–H groups in total. The van der Waals surface area contributed by atoms with Gasteiger partial charge < -0.3 is 5.11 Å². The number of benzene rings is 1. The predicted octanol–water partition coefficient (Wildman–Crippen LogP) is 3.22. The molecule has 0 saturated carbocycles. The van der Waals surface area contributed by atoms with E-state index in [4.69, 9.17) is 5.11 Å². The molecule has 1 aromatic carbocycles. The van der Waals surface area contributed by atoms with E-state index in [-0.39, 0.29) is 19.7 Å². The molecule has 0 radical (unpaired) electrons. The first-order chi connectivity index (χ1) is 8.96. The number of halogens is 2. The highest BCUT2D eigenvalue weighted by Crippen LogP contribution is 2.25. The topological polar surface area (TPSA) is 23.5 Å². The van der Waals surface area contributed by atoms with Crippen molar-refractivity contribution in [3.8, 4) is 0 Å². The molecule has 0 unspecified atom stereocenters. The number of aliphatic hydroxyl groups is 1. The Labute approximate surface area is 114 Å². The van der Waals surface area contributed by atoms with Crippen LogP contribution in [-0.4, -0.2) is 35.7 Å². The molecule has 108 valence electrons. The van der Waals surface area contributed by atoms with Crippen LogP contribution in [0, 0.1) is 6.92 Å². The fraction of sp³-hybridized carbons (Fsp3) is 0.600. The van der Waals surface area contributed by atoms with Gasteiger partial charge in [-0.2, -0.15) is 0 Å². The summed E-state index contributed by atoms with van der Waals surface area (Å²) in [5.74, 6) is -2.58. The zero-order valence-electron chi connectivity index (χ0n) is 11.7. The minimum absolute atomic E-state index is 0.0382.